The van der Waals surface area contributed by atoms with Crippen molar-refractivity contribution >= 4 is 34.1 Å². The lowest BCUT2D eigenvalue weighted by Gasteiger charge is -2.02. The molecular formula is C17H16N4O3S2. The van der Waals surface area contributed by atoms with Gasteiger partial charge < -0.3 is 15.0 Å². The van der Waals surface area contributed by atoms with Gasteiger partial charge in [0.25, 0.3) is 5.56 Å². The lowest BCUT2D eigenvalue weighted by atomic mass is 10.2. The number of thiazole rings is 1. The van der Waals surface area contributed by atoms with Crippen molar-refractivity contribution < 1.29 is 9.53 Å². The maximum absolute atomic E-state index is 12.1. The van der Waals surface area contributed by atoms with Crippen molar-refractivity contribution in [3.8, 4) is 17.0 Å². The minimum Gasteiger partial charge on any atom is -0.497 e. The molecule has 2 aromatic heterocycles. The summed E-state index contributed by atoms with van der Waals surface area (Å²) < 4.78 is 5.14. The summed E-state index contributed by atoms with van der Waals surface area (Å²) in [5.74, 6) is 0.691. The number of anilines is 1. The molecule has 2 heterocycles. The predicted molar refractivity (Wildman–Crippen MR) is 103 cm³/mol. The highest BCUT2D eigenvalue weighted by molar-refractivity contribution is 7.99. The number of rotatable bonds is 6. The standard InChI is InChI=1S/C17H16N4O3S2/c1-10-7-14(22)20-16(18-10)26-9-15(23)21-17-19-13(8-25-17)11-3-5-12(24-2)6-4-11/h3-8H,9H2,1-2H3,(H,18,20,22)(H,19,21,23). The number of thioether (sulfide) groups is 1. The molecule has 0 saturated carbocycles. The first-order valence-electron chi connectivity index (χ1n) is 7.64. The predicted octanol–water partition coefficient (Wildman–Crippen LogP) is 2.94. The molecule has 134 valence electrons. The molecule has 0 aliphatic heterocycles. The molecule has 0 saturated heterocycles. The molecule has 7 nitrogen and oxygen atoms in total. The van der Waals surface area contributed by atoms with Gasteiger partial charge in [-0.15, -0.1) is 11.3 Å². The highest BCUT2D eigenvalue weighted by atomic mass is 32.2. The molecular weight excluding hydrogens is 372 g/mol. The van der Waals surface area contributed by atoms with Crippen LogP contribution in [0.4, 0.5) is 5.13 Å². The first-order chi connectivity index (χ1) is 12.5. The second kappa shape index (κ2) is 8.15. The number of nitrogens with zero attached hydrogens (tertiary/aromatic N) is 2. The number of methoxy groups -OCH3 is 1. The molecule has 0 fully saturated rings. The summed E-state index contributed by atoms with van der Waals surface area (Å²) in [4.78, 5) is 34.7. The van der Waals surface area contributed by atoms with Crippen LogP contribution in [0.1, 0.15) is 5.69 Å². The topological polar surface area (TPSA) is 97.0 Å². The summed E-state index contributed by atoms with van der Waals surface area (Å²) >= 11 is 2.52. The second-order valence-corrected chi connectivity index (χ2v) is 7.12. The Morgan fingerprint density at radius 3 is 2.77 bits per heavy atom. The van der Waals surface area contributed by atoms with E-state index < -0.39 is 0 Å². The number of benzene rings is 1. The molecule has 0 aliphatic rings. The number of H-pyrrole nitrogens is 1. The van der Waals surface area contributed by atoms with Crippen LogP contribution in [-0.4, -0.2) is 33.7 Å². The monoisotopic (exact) mass is 388 g/mol. The van der Waals surface area contributed by atoms with Crippen LogP contribution in [0.5, 0.6) is 5.75 Å². The molecule has 9 heteroatoms. The Balaban J connectivity index is 1.59. The van der Waals surface area contributed by atoms with Crippen LogP contribution in [0.15, 0.2) is 45.7 Å². The van der Waals surface area contributed by atoms with E-state index >= 15 is 0 Å². The summed E-state index contributed by atoms with van der Waals surface area (Å²) in [5.41, 5.74) is 2.11. The van der Waals surface area contributed by atoms with Crippen molar-refractivity contribution in [2.75, 3.05) is 18.2 Å². The van der Waals surface area contributed by atoms with E-state index in [1.807, 2.05) is 29.6 Å². The van der Waals surface area contributed by atoms with E-state index in [1.165, 1.54) is 29.2 Å². The number of aromatic nitrogens is 3. The molecule has 1 amide bonds. The van der Waals surface area contributed by atoms with Crippen LogP contribution in [0.3, 0.4) is 0 Å². The molecule has 2 N–H and O–H groups in total. The third-order valence-electron chi connectivity index (χ3n) is 3.32. The number of carbonyl (C=O) groups is 1. The first-order valence-corrected chi connectivity index (χ1v) is 9.50. The quantitative estimate of drug-likeness (QED) is 0.498. The van der Waals surface area contributed by atoms with Crippen molar-refractivity contribution in [2.45, 2.75) is 12.1 Å². The molecule has 0 bridgehead atoms. The molecule has 0 unspecified atom stereocenters. The van der Waals surface area contributed by atoms with Crippen LogP contribution in [0.2, 0.25) is 0 Å². The Bertz CT molecular complexity index is 967. The zero-order valence-electron chi connectivity index (χ0n) is 14.1. The number of nitrogens with one attached hydrogen (secondary N) is 2. The summed E-state index contributed by atoms with van der Waals surface area (Å²) in [5, 5.41) is 5.58. The third-order valence-corrected chi connectivity index (χ3v) is 4.96. The zero-order valence-corrected chi connectivity index (χ0v) is 15.7. The van der Waals surface area contributed by atoms with E-state index in [0.29, 0.717) is 16.0 Å². The van der Waals surface area contributed by atoms with Crippen LogP contribution < -0.4 is 15.6 Å². The smallest absolute Gasteiger partial charge is 0.251 e. The Morgan fingerprint density at radius 2 is 2.08 bits per heavy atom. The van der Waals surface area contributed by atoms with Crippen molar-refractivity contribution in [2.24, 2.45) is 0 Å². The number of hydrogen-bond donors (Lipinski definition) is 2. The average molecular weight is 388 g/mol. The van der Waals surface area contributed by atoms with Gasteiger partial charge in [0.15, 0.2) is 10.3 Å². The number of hydrogen-bond acceptors (Lipinski definition) is 7. The number of ether oxygens (including phenoxy) is 1. The van der Waals surface area contributed by atoms with Crippen molar-refractivity contribution in [1.29, 1.82) is 0 Å². The number of aryl methyl sites for hydroxylation is 1. The summed E-state index contributed by atoms with van der Waals surface area (Å²) in [6, 6.07) is 8.95. The van der Waals surface area contributed by atoms with Crippen LogP contribution >= 0.6 is 23.1 Å². The van der Waals surface area contributed by atoms with Crippen LogP contribution in [-0.2, 0) is 4.79 Å². The summed E-state index contributed by atoms with van der Waals surface area (Å²) in [6.45, 7) is 1.73. The van der Waals surface area contributed by atoms with E-state index in [1.54, 1.807) is 14.0 Å². The highest BCUT2D eigenvalue weighted by Gasteiger charge is 2.10. The SMILES string of the molecule is COc1ccc(-c2csc(NC(=O)CSc3nc(C)cc(=O)[nH]3)n2)cc1. The Labute approximate surface area is 157 Å². The van der Waals surface area contributed by atoms with Crippen LogP contribution in [0, 0.1) is 6.92 Å². The Kier molecular flexibility index (Phi) is 5.69. The largest absolute Gasteiger partial charge is 0.497 e. The van der Waals surface area contributed by atoms with Gasteiger partial charge in [-0.1, -0.05) is 11.8 Å². The van der Waals surface area contributed by atoms with Gasteiger partial charge in [0.05, 0.1) is 18.6 Å². The van der Waals surface area contributed by atoms with Gasteiger partial charge in [-0.25, -0.2) is 9.97 Å². The lowest BCUT2D eigenvalue weighted by molar-refractivity contribution is -0.113. The minimum absolute atomic E-state index is 0.129. The van der Waals surface area contributed by atoms with E-state index in [9.17, 15) is 9.59 Å². The van der Waals surface area contributed by atoms with E-state index in [-0.39, 0.29) is 17.2 Å². The molecule has 0 aliphatic carbocycles. The normalized spacial score (nSPS) is 10.5. The van der Waals surface area contributed by atoms with Gasteiger partial charge in [-0.2, -0.15) is 0 Å². The fourth-order valence-corrected chi connectivity index (χ4v) is 3.59. The van der Waals surface area contributed by atoms with Crippen LogP contribution in [0.25, 0.3) is 11.3 Å². The molecule has 0 atom stereocenters. The summed E-state index contributed by atoms with van der Waals surface area (Å²) in [6.07, 6.45) is 0. The van der Waals surface area contributed by atoms with Crippen molar-refractivity contribution in [3.63, 3.8) is 0 Å². The van der Waals surface area contributed by atoms with Gasteiger partial charge >= 0.3 is 0 Å². The Morgan fingerprint density at radius 1 is 1.31 bits per heavy atom. The van der Waals surface area contributed by atoms with Gasteiger partial charge in [-0.05, 0) is 31.2 Å². The Hall–Kier alpha value is -2.65. The van der Waals surface area contributed by atoms with Crippen molar-refractivity contribution in [3.05, 3.63) is 51.8 Å². The maximum Gasteiger partial charge on any atom is 0.251 e. The fourth-order valence-electron chi connectivity index (χ4n) is 2.13. The number of carbonyl (C=O) groups excluding carboxylic acids is 1. The van der Waals surface area contributed by atoms with Gasteiger partial charge in [0.1, 0.15) is 5.75 Å². The molecule has 0 radical (unpaired) electrons. The average Bonchev–Trinajstić information content (AvgIpc) is 3.08. The molecule has 3 aromatic rings. The minimum atomic E-state index is -0.232. The lowest BCUT2D eigenvalue weighted by Crippen LogP contribution is -2.15. The second-order valence-electron chi connectivity index (χ2n) is 5.30. The molecule has 26 heavy (non-hydrogen) atoms. The van der Waals surface area contributed by atoms with Gasteiger partial charge in [0, 0.05) is 22.7 Å². The molecule has 1 aromatic carbocycles. The molecule has 3 rings (SSSR count). The van der Waals surface area contributed by atoms with Gasteiger partial charge in [-0.3, -0.25) is 9.59 Å². The van der Waals surface area contributed by atoms with Crippen molar-refractivity contribution in [1.82, 2.24) is 15.0 Å². The third kappa shape index (κ3) is 4.70. The first kappa shape index (κ1) is 18.2. The fraction of sp³-hybridized carbons (Fsp3) is 0.176. The van der Waals surface area contributed by atoms with E-state index in [0.717, 1.165) is 17.0 Å². The van der Waals surface area contributed by atoms with E-state index in [4.69, 9.17) is 4.74 Å². The van der Waals surface area contributed by atoms with Gasteiger partial charge in [0.2, 0.25) is 5.91 Å². The van der Waals surface area contributed by atoms with E-state index in [2.05, 4.69) is 20.3 Å². The maximum atomic E-state index is 12.1. The highest BCUT2D eigenvalue weighted by Crippen LogP contribution is 2.26. The molecule has 0 spiro atoms. The number of aromatic amines is 1. The zero-order chi connectivity index (χ0) is 18.5. The summed E-state index contributed by atoms with van der Waals surface area (Å²) in [7, 11) is 1.62. The number of amides is 1.